The topological polar surface area (TPSA) is 56.8 Å². The van der Waals surface area contributed by atoms with Gasteiger partial charge in [-0.1, -0.05) is 6.92 Å². The number of nitrogens with one attached hydrogen (secondary N) is 1. The fourth-order valence-electron chi connectivity index (χ4n) is 1.73. The Kier molecular flexibility index (Phi) is 9.01. The lowest BCUT2D eigenvalue weighted by atomic mass is 9.98. The molecular weight excluding hydrogens is 258 g/mol. The smallest absolute Gasteiger partial charge is 0.326 e. The minimum Gasteiger partial charge on any atom is -0.465 e. The van der Waals surface area contributed by atoms with E-state index in [1.54, 1.807) is 0 Å². The lowest BCUT2D eigenvalue weighted by Gasteiger charge is -2.28. The molecule has 120 valence electrons. The fraction of sp³-hybridized carbons (Fsp3) is 0.933. The maximum Gasteiger partial charge on any atom is 0.326 e. The van der Waals surface area contributed by atoms with Gasteiger partial charge in [-0.2, -0.15) is 0 Å². The molecule has 0 aliphatic heterocycles. The van der Waals surface area contributed by atoms with Gasteiger partial charge in [0.25, 0.3) is 0 Å². The monoisotopic (exact) mass is 289 g/mol. The van der Waals surface area contributed by atoms with Gasteiger partial charge in [-0.15, -0.1) is 0 Å². The second-order valence-electron chi connectivity index (χ2n) is 5.91. The van der Waals surface area contributed by atoms with Crippen molar-refractivity contribution in [1.29, 1.82) is 0 Å². The maximum absolute atomic E-state index is 11.9. The zero-order chi connectivity index (χ0) is 15.6. The Hall–Kier alpha value is -0.650. The molecule has 0 aromatic heterocycles. The highest BCUT2D eigenvalue weighted by Gasteiger charge is 2.33. The third kappa shape index (κ3) is 8.51. The van der Waals surface area contributed by atoms with Gasteiger partial charge in [-0.05, 0) is 47.6 Å². The second kappa shape index (κ2) is 9.32. The van der Waals surface area contributed by atoms with Crippen LogP contribution in [-0.2, 0) is 19.0 Å². The molecule has 0 fully saturated rings. The third-order valence-corrected chi connectivity index (χ3v) is 2.80. The molecule has 0 spiro atoms. The van der Waals surface area contributed by atoms with Crippen molar-refractivity contribution < 1.29 is 19.0 Å². The van der Waals surface area contributed by atoms with Crippen LogP contribution in [0.15, 0.2) is 0 Å². The summed E-state index contributed by atoms with van der Waals surface area (Å²) in [5.74, 6) is -0.226. The van der Waals surface area contributed by atoms with Crippen LogP contribution in [-0.4, -0.2) is 50.1 Å². The number of hydrogen-bond acceptors (Lipinski definition) is 5. The third-order valence-electron chi connectivity index (χ3n) is 2.80. The predicted octanol–water partition coefficient (Wildman–Crippen LogP) is 2.14. The fourth-order valence-corrected chi connectivity index (χ4v) is 1.73. The van der Waals surface area contributed by atoms with E-state index in [9.17, 15) is 4.79 Å². The first-order chi connectivity index (χ1) is 9.25. The number of rotatable bonds is 10. The molecule has 1 unspecified atom stereocenters. The molecule has 0 saturated heterocycles. The number of ether oxygens (including phenoxy) is 3. The van der Waals surface area contributed by atoms with Crippen LogP contribution >= 0.6 is 0 Å². The minimum absolute atomic E-state index is 0.146. The van der Waals surface area contributed by atoms with Crippen molar-refractivity contribution in [3.63, 3.8) is 0 Å². The molecule has 0 amide bonds. The lowest BCUT2D eigenvalue weighted by Crippen LogP contribution is -2.51. The average Bonchev–Trinajstić information content (AvgIpc) is 2.33. The Balaban J connectivity index is 4.00. The van der Waals surface area contributed by atoms with Crippen LogP contribution in [0.2, 0.25) is 0 Å². The quantitative estimate of drug-likeness (QED) is 0.493. The molecule has 0 aliphatic carbocycles. The highest BCUT2D eigenvalue weighted by atomic mass is 16.5. The van der Waals surface area contributed by atoms with E-state index >= 15 is 0 Å². The first-order valence-electron chi connectivity index (χ1n) is 7.39. The van der Waals surface area contributed by atoms with Gasteiger partial charge in [0, 0.05) is 6.61 Å². The Morgan fingerprint density at radius 3 is 2.20 bits per heavy atom. The van der Waals surface area contributed by atoms with E-state index in [-0.39, 0.29) is 11.6 Å². The summed E-state index contributed by atoms with van der Waals surface area (Å²) in [7, 11) is 0. The van der Waals surface area contributed by atoms with Crippen LogP contribution in [0.3, 0.4) is 0 Å². The number of carbonyl (C=O) groups excluding carboxylic acids is 1. The number of hydrogen-bond donors (Lipinski definition) is 1. The molecule has 0 rings (SSSR count). The van der Waals surface area contributed by atoms with Crippen molar-refractivity contribution in [2.75, 3.05) is 33.0 Å². The van der Waals surface area contributed by atoms with E-state index < -0.39 is 5.54 Å². The van der Waals surface area contributed by atoms with Crippen molar-refractivity contribution in [1.82, 2.24) is 5.32 Å². The molecule has 0 aromatic carbocycles. The SMILES string of the molecule is CCNC(C)(CCOCCOC(C)(C)C)C(=O)OCC. The molecule has 5 heteroatoms. The van der Waals surface area contributed by atoms with Gasteiger partial charge in [-0.25, -0.2) is 0 Å². The molecule has 0 saturated carbocycles. The van der Waals surface area contributed by atoms with E-state index in [0.717, 1.165) is 0 Å². The molecule has 0 heterocycles. The number of likely N-dealkylation sites (N-methyl/N-ethyl adjacent to an activating group) is 1. The zero-order valence-electron chi connectivity index (χ0n) is 13.9. The highest BCUT2D eigenvalue weighted by molar-refractivity contribution is 5.80. The Morgan fingerprint density at radius 2 is 1.70 bits per heavy atom. The van der Waals surface area contributed by atoms with E-state index in [2.05, 4.69) is 5.32 Å². The van der Waals surface area contributed by atoms with Crippen molar-refractivity contribution in [3.05, 3.63) is 0 Å². The van der Waals surface area contributed by atoms with Gasteiger partial charge in [0.2, 0.25) is 0 Å². The van der Waals surface area contributed by atoms with E-state index in [1.165, 1.54) is 0 Å². The maximum atomic E-state index is 11.9. The first-order valence-corrected chi connectivity index (χ1v) is 7.39. The largest absolute Gasteiger partial charge is 0.465 e. The molecule has 1 atom stereocenters. The Labute approximate surface area is 123 Å². The normalized spacial score (nSPS) is 14.9. The van der Waals surface area contributed by atoms with Crippen LogP contribution in [0.1, 0.15) is 48.0 Å². The van der Waals surface area contributed by atoms with Crippen LogP contribution in [0, 0.1) is 0 Å². The summed E-state index contributed by atoms with van der Waals surface area (Å²) in [6, 6.07) is 0. The molecular formula is C15H31NO4. The van der Waals surface area contributed by atoms with E-state index in [0.29, 0.717) is 39.4 Å². The standard InChI is InChI=1S/C15H31NO4/c1-7-16-15(6,13(17)19-8-2)9-10-18-11-12-20-14(3,4)5/h16H,7-12H2,1-6H3. The second-order valence-corrected chi connectivity index (χ2v) is 5.91. The molecule has 0 aromatic rings. The molecule has 20 heavy (non-hydrogen) atoms. The summed E-state index contributed by atoms with van der Waals surface area (Å²) in [4.78, 5) is 11.9. The molecule has 0 radical (unpaired) electrons. The van der Waals surface area contributed by atoms with Gasteiger partial charge in [0.1, 0.15) is 5.54 Å². The number of esters is 1. The number of carbonyl (C=O) groups is 1. The predicted molar refractivity (Wildman–Crippen MR) is 79.9 cm³/mol. The van der Waals surface area contributed by atoms with Gasteiger partial charge >= 0.3 is 5.97 Å². The van der Waals surface area contributed by atoms with Crippen molar-refractivity contribution in [2.24, 2.45) is 0 Å². The summed E-state index contributed by atoms with van der Waals surface area (Å²) < 4.78 is 16.2. The van der Waals surface area contributed by atoms with Crippen LogP contribution < -0.4 is 5.32 Å². The van der Waals surface area contributed by atoms with E-state index in [4.69, 9.17) is 14.2 Å². The van der Waals surface area contributed by atoms with Gasteiger partial charge < -0.3 is 19.5 Å². The molecule has 0 bridgehead atoms. The van der Waals surface area contributed by atoms with Crippen LogP contribution in [0.4, 0.5) is 0 Å². The summed E-state index contributed by atoms with van der Waals surface area (Å²) in [5.41, 5.74) is -0.831. The summed E-state index contributed by atoms with van der Waals surface area (Å²) in [6.07, 6.45) is 0.579. The molecule has 5 nitrogen and oxygen atoms in total. The van der Waals surface area contributed by atoms with Gasteiger partial charge in [0.15, 0.2) is 0 Å². The Bertz CT molecular complexity index is 276. The average molecular weight is 289 g/mol. The van der Waals surface area contributed by atoms with Crippen LogP contribution in [0.25, 0.3) is 0 Å². The van der Waals surface area contributed by atoms with Crippen molar-refractivity contribution >= 4 is 5.97 Å². The van der Waals surface area contributed by atoms with Crippen LogP contribution in [0.5, 0.6) is 0 Å². The molecule has 0 aliphatic rings. The van der Waals surface area contributed by atoms with Crippen molar-refractivity contribution in [3.8, 4) is 0 Å². The highest BCUT2D eigenvalue weighted by Crippen LogP contribution is 2.12. The summed E-state index contributed by atoms with van der Waals surface area (Å²) in [6.45, 7) is 14.3. The molecule has 1 N–H and O–H groups in total. The van der Waals surface area contributed by atoms with Gasteiger partial charge in [0.05, 0.1) is 25.4 Å². The van der Waals surface area contributed by atoms with Crippen molar-refractivity contribution in [2.45, 2.75) is 59.1 Å². The lowest BCUT2D eigenvalue weighted by molar-refractivity contribution is -0.151. The Morgan fingerprint density at radius 1 is 1.05 bits per heavy atom. The summed E-state index contributed by atoms with van der Waals surface area (Å²) >= 11 is 0. The van der Waals surface area contributed by atoms with E-state index in [1.807, 2.05) is 41.5 Å². The zero-order valence-corrected chi connectivity index (χ0v) is 13.9. The first kappa shape index (κ1) is 19.4. The van der Waals surface area contributed by atoms with Gasteiger partial charge in [-0.3, -0.25) is 4.79 Å². The minimum atomic E-state index is -0.685. The summed E-state index contributed by atoms with van der Waals surface area (Å²) in [5, 5.41) is 3.17.